The molecule has 0 aromatic heterocycles. The molecule has 0 saturated heterocycles. The Labute approximate surface area is 120 Å². The van der Waals surface area contributed by atoms with E-state index in [1.807, 2.05) is 6.92 Å². The Bertz CT molecular complexity index is 356. The number of ether oxygens (including phenoxy) is 2. The van der Waals surface area contributed by atoms with Crippen molar-refractivity contribution >= 4 is 5.97 Å². The summed E-state index contributed by atoms with van der Waals surface area (Å²) in [7, 11) is 0. The summed E-state index contributed by atoms with van der Waals surface area (Å²) in [5.41, 5.74) is -0.0973. The molecular formula is C15H26O5. The third-order valence-corrected chi connectivity index (χ3v) is 3.62. The molecule has 116 valence electrons. The van der Waals surface area contributed by atoms with Gasteiger partial charge >= 0.3 is 5.97 Å². The highest BCUT2D eigenvalue weighted by Crippen LogP contribution is 2.42. The molecule has 2 N–H and O–H groups in total. The van der Waals surface area contributed by atoms with Gasteiger partial charge in [0.1, 0.15) is 0 Å². The molecule has 20 heavy (non-hydrogen) atoms. The van der Waals surface area contributed by atoms with Crippen molar-refractivity contribution in [1.29, 1.82) is 0 Å². The van der Waals surface area contributed by atoms with Crippen LogP contribution >= 0.6 is 0 Å². The number of aliphatic hydroxyl groups is 1. The lowest BCUT2D eigenvalue weighted by atomic mass is 9.70. The van der Waals surface area contributed by atoms with E-state index in [-0.39, 0.29) is 29.6 Å². The number of hydrogen-bond donors (Lipinski definition) is 2. The maximum atomic E-state index is 11.2. The molecule has 0 aliphatic carbocycles. The van der Waals surface area contributed by atoms with Crippen molar-refractivity contribution in [2.75, 3.05) is 13.2 Å². The molecule has 0 radical (unpaired) electrons. The predicted octanol–water partition coefficient (Wildman–Crippen LogP) is 2.40. The van der Waals surface area contributed by atoms with E-state index in [1.54, 1.807) is 6.08 Å². The first-order valence-electron chi connectivity index (χ1n) is 7.15. The van der Waals surface area contributed by atoms with Gasteiger partial charge in [0.2, 0.25) is 12.0 Å². The molecule has 1 rings (SSSR count). The molecule has 0 fully saturated rings. The highest BCUT2D eigenvalue weighted by Gasteiger charge is 2.42. The first kappa shape index (κ1) is 17.0. The Balaban J connectivity index is 3.07. The van der Waals surface area contributed by atoms with Crippen LogP contribution in [0.1, 0.15) is 40.5 Å². The molecule has 5 nitrogen and oxygen atoms in total. The molecule has 3 atom stereocenters. The van der Waals surface area contributed by atoms with Crippen molar-refractivity contribution in [2.24, 2.45) is 17.3 Å². The second kappa shape index (κ2) is 7.09. The molecule has 0 aromatic carbocycles. The zero-order valence-electron chi connectivity index (χ0n) is 12.8. The van der Waals surface area contributed by atoms with E-state index in [9.17, 15) is 9.90 Å². The molecule has 5 heteroatoms. The van der Waals surface area contributed by atoms with Crippen molar-refractivity contribution in [1.82, 2.24) is 0 Å². The van der Waals surface area contributed by atoms with Crippen LogP contribution in [0.25, 0.3) is 0 Å². The first-order valence-corrected chi connectivity index (χ1v) is 7.15. The van der Waals surface area contributed by atoms with Gasteiger partial charge in [0.15, 0.2) is 0 Å². The fourth-order valence-corrected chi connectivity index (χ4v) is 2.69. The van der Waals surface area contributed by atoms with Crippen molar-refractivity contribution in [2.45, 2.75) is 46.8 Å². The van der Waals surface area contributed by atoms with Crippen LogP contribution in [0.2, 0.25) is 0 Å². The molecule has 0 amide bonds. The van der Waals surface area contributed by atoms with E-state index in [1.165, 1.54) is 0 Å². The summed E-state index contributed by atoms with van der Waals surface area (Å²) in [6, 6.07) is 0. The zero-order chi connectivity index (χ0) is 15.3. The van der Waals surface area contributed by atoms with Gasteiger partial charge in [-0.25, -0.2) is 4.79 Å². The normalized spacial score (nSPS) is 26.9. The number of carboxylic acid groups (broad SMARTS) is 1. The van der Waals surface area contributed by atoms with Gasteiger partial charge in [0.05, 0.1) is 0 Å². The number of allylic oxidation sites excluding steroid dienone is 1. The maximum Gasteiger partial charge on any atom is 0.370 e. The summed E-state index contributed by atoms with van der Waals surface area (Å²) < 4.78 is 11.1. The minimum atomic E-state index is -1.07. The van der Waals surface area contributed by atoms with Crippen LogP contribution in [0.15, 0.2) is 11.8 Å². The van der Waals surface area contributed by atoms with Gasteiger partial charge in [-0.1, -0.05) is 20.8 Å². The molecule has 0 spiro atoms. The molecule has 1 aliphatic rings. The number of carbonyl (C=O) groups is 1. The number of carboxylic acids is 1. The lowest BCUT2D eigenvalue weighted by Crippen LogP contribution is -2.42. The Morgan fingerprint density at radius 1 is 1.45 bits per heavy atom. The van der Waals surface area contributed by atoms with E-state index in [2.05, 4.69) is 20.8 Å². The van der Waals surface area contributed by atoms with E-state index >= 15 is 0 Å². The first-order chi connectivity index (χ1) is 9.31. The number of rotatable bonds is 6. The van der Waals surface area contributed by atoms with Gasteiger partial charge in [-0.3, -0.25) is 0 Å². The van der Waals surface area contributed by atoms with Crippen molar-refractivity contribution < 1.29 is 24.5 Å². The van der Waals surface area contributed by atoms with Gasteiger partial charge in [-0.2, -0.15) is 0 Å². The monoisotopic (exact) mass is 286 g/mol. The summed E-state index contributed by atoms with van der Waals surface area (Å²) in [5, 5.41) is 18.2. The second-order valence-electron chi connectivity index (χ2n) is 6.20. The van der Waals surface area contributed by atoms with Gasteiger partial charge in [-0.15, -0.1) is 0 Å². The predicted molar refractivity (Wildman–Crippen MR) is 75.0 cm³/mol. The highest BCUT2D eigenvalue weighted by molar-refractivity contribution is 5.84. The fourth-order valence-electron chi connectivity index (χ4n) is 2.69. The topological polar surface area (TPSA) is 76.0 Å². The van der Waals surface area contributed by atoms with Crippen molar-refractivity contribution in [3.8, 4) is 0 Å². The molecule has 0 saturated carbocycles. The van der Waals surface area contributed by atoms with Crippen LogP contribution in [-0.2, 0) is 14.3 Å². The zero-order valence-corrected chi connectivity index (χ0v) is 12.8. The summed E-state index contributed by atoms with van der Waals surface area (Å²) in [4.78, 5) is 11.2. The van der Waals surface area contributed by atoms with E-state index in [0.717, 1.165) is 6.42 Å². The Hall–Kier alpha value is -1.07. The second-order valence-corrected chi connectivity index (χ2v) is 6.20. The van der Waals surface area contributed by atoms with Crippen LogP contribution in [-0.4, -0.2) is 35.7 Å². The average molecular weight is 286 g/mol. The van der Waals surface area contributed by atoms with Crippen molar-refractivity contribution in [3.63, 3.8) is 0 Å². The minimum Gasteiger partial charge on any atom is -0.475 e. The Kier molecular flexibility index (Phi) is 6.02. The van der Waals surface area contributed by atoms with Crippen LogP contribution < -0.4 is 0 Å². The standard InChI is InChI=1S/C15H26O5/c1-5-19-14-10(7-6-8-16)11(15(2,3)4)9-12(20-14)13(17)18/h9-11,14,16H,5-8H2,1-4H3,(H,17,18)/t10-,11-,14+/m0/s1. The molecule has 1 heterocycles. The lowest BCUT2D eigenvalue weighted by Gasteiger charge is -2.42. The summed E-state index contributed by atoms with van der Waals surface area (Å²) in [6.45, 7) is 8.67. The van der Waals surface area contributed by atoms with Crippen LogP contribution in [0.3, 0.4) is 0 Å². The third kappa shape index (κ3) is 4.21. The fraction of sp³-hybridized carbons (Fsp3) is 0.800. The average Bonchev–Trinajstić information content (AvgIpc) is 2.35. The molecular weight excluding hydrogens is 260 g/mol. The van der Waals surface area contributed by atoms with E-state index in [4.69, 9.17) is 14.6 Å². The largest absolute Gasteiger partial charge is 0.475 e. The van der Waals surface area contributed by atoms with Gasteiger partial charge in [0, 0.05) is 19.1 Å². The minimum absolute atomic E-state index is 0.0328. The molecule has 1 aliphatic heterocycles. The lowest BCUT2D eigenvalue weighted by molar-refractivity contribution is -0.184. The summed E-state index contributed by atoms with van der Waals surface area (Å²) >= 11 is 0. The number of hydrogen-bond acceptors (Lipinski definition) is 4. The maximum absolute atomic E-state index is 11.2. The number of aliphatic carboxylic acids is 1. The summed E-state index contributed by atoms with van der Waals surface area (Å²) in [6.07, 6.45) is 2.53. The quantitative estimate of drug-likeness (QED) is 0.784. The van der Waals surface area contributed by atoms with E-state index < -0.39 is 12.3 Å². The third-order valence-electron chi connectivity index (χ3n) is 3.62. The van der Waals surface area contributed by atoms with Crippen LogP contribution in [0.5, 0.6) is 0 Å². The van der Waals surface area contributed by atoms with Gasteiger partial charge in [-0.05, 0) is 37.2 Å². The van der Waals surface area contributed by atoms with E-state index in [0.29, 0.717) is 13.0 Å². The Morgan fingerprint density at radius 3 is 2.55 bits per heavy atom. The molecule has 0 unspecified atom stereocenters. The summed E-state index contributed by atoms with van der Waals surface area (Å²) in [5.74, 6) is -1.02. The molecule has 0 aromatic rings. The van der Waals surface area contributed by atoms with Crippen molar-refractivity contribution in [3.05, 3.63) is 11.8 Å². The Morgan fingerprint density at radius 2 is 2.10 bits per heavy atom. The molecule has 0 bridgehead atoms. The van der Waals surface area contributed by atoms with Crippen LogP contribution in [0.4, 0.5) is 0 Å². The van der Waals surface area contributed by atoms with Gasteiger partial charge in [0.25, 0.3) is 0 Å². The van der Waals surface area contributed by atoms with Crippen LogP contribution in [0, 0.1) is 17.3 Å². The van der Waals surface area contributed by atoms with Gasteiger partial charge < -0.3 is 19.7 Å². The SMILES string of the molecule is CCO[C@@H]1OC(C(=O)O)=C[C@H](C(C)(C)C)[C@@H]1CCCO. The smallest absolute Gasteiger partial charge is 0.370 e. The number of aliphatic hydroxyl groups excluding tert-OH is 1. The highest BCUT2D eigenvalue weighted by atomic mass is 16.7.